The number of fused-ring (bicyclic) bond motifs is 9. The van der Waals surface area contributed by atoms with E-state index in [-0.39, 0.29) is 0 Å². The summed E-state index contributed by atoms with van der Waals surface area (Å²) in [6.45, 7) is 2.39. The van der Waals surface area contributed by atoms with Gasteiger partial charge >= 0.3 is 0 Å². The zero-order chi connectivity index (χ0) is 35.8. The van der Waals surface area contributed by atoms with Crippen LogP contribution in [0.1, 0.15) is 26.2 Å². The van der Waals surface area contributed by atoms with Crippen LogP contribution in [0.5, 0.6) is 0 Å². The number of benzene rings is 8. The number of nitrogens with zero attached hydrogens (tertiary/aromatic N) is 2. The maximum Gasteiger partial charge on any atom is 0.0539 e. The van der Waals surface area contributed by atoms with Crippen molar-refractivity contribution < 1.29 is 0 Å². The Balaban J connectivity index is 1.11. The number of rotatable bonds is 5. The quantitative estimate of drug-likeness (QED) is 0.161. The first kappa shape index (κ1) is 31.4. The molecular weight excluding hydrogens is 673 g/mol. The molecule has 1 unspecified atom stereocenters. The van der Waals surface area contributed by atoms with Crippen molar-refractivity contribution in [3.63, 3.8) is 0 Å². The third-order valence-corrected chi connectivity index (χ3v) is 12.8. The first-order chi connectivity index (χ1) is 26.7. The number of anilines is 3. The van der Waals surface area contributed by atoms with Crippen LogP contribution in [0.15, 0.2) is 170 Å². The van der Waals surface area contributed by atoms with Crippen molar-refractivity contribution in [3.8, 4) is 11.1 Å². The van der Waals surface area contributed by atoms with Crippen LogP contribution >= 0.6 is 11.3 Å². The zero-order valence-electron chi connectivity index (χ0n) is 30.2. The second kappa shape index (κ2) is 12.5. The van der Waals surface area contributed by atoms with Crippen molar-refractivity contribution in [1.82, 2.24) is 4.57 Å². The molecule has 54 heavy (non-hydrogen) atoms. The molecule has 0 amide bonds. The van der Waals surface area contributed by atoms with Crippen molar-refractivity contribution >= 4 is 97.6 Å². The molecule has 0 fully saturated rings. The fourth-order valence-corrected chi connectivity index (χ4v) is 10.2. The van der Waals surface area contributed by atoms with E-state index in [1.165, 1.54) is 93.2 Å². The van der Waals surface area contributed by atoms with Gasteiger partial charge in [-0.25, -0.2) is 0 Å². The summed E-state index contributed by atoms with van der Waals surface area (Å²) in [5.74, 6) is 0.527. The number of hydrogen-bond acceptors (Lipinski definition) is 2. The largest absolute Gasteiger partial charge is 0.313 e. The Bertz CT molecular complexity index is 3110. The normalized spacial score (nSPS) is 14.8. The van der Waals surface area contributed by atoms with Crippen LogP contribution in [-0.2, 0) is 0 Å². The predicted octanol–water partition coefficient (Wildman–Crippen LogP) is 15.3. The summed E-state index contributed by atoms with van der Waals surface area (Å²) in [4.78, 5) is 2.45. The molecule has 8 aromatic carbocycles. The third kappa shape index (κ3) is 4.92. The molecule has 0 radical (unpaired) electrons. The lowest BCUT2D eigenvalue weighted by atomic mass is 9.93. The van der Waals surface area contributed by atoms with E-state index in [9.17, 15) is 0 Å². The number of para-hydroxylation sites is 1. The summed E-state index contributed by atoms with van der Waals surface area (Å²) in [5, 5.41) is 10.3. The van der Waals surface area contributed by atoms with Crippen molar-refractivity contribution in [2.24, 2.45) is 5.92 Å². The summed E-state index contributed by atoms with van der Waals surface area (Å²) in [7, 11) is 0. The SMILES string of the molecule is CC1CCCC=C1n1c2ccccc2c2cc(N(c3ccc(-c4cc5ccccc5c5ccccc45)cc3)c3ccc4sc5ccccc5c4c3)ccc21. The van der Waals surface area contributed by atoms with E-state index in [2.05, 4.69) is 186 Å². The van der Waals surface area contributed by atoms with Crippen LogP contribution in [0, 0.1) is 5.92 Å². The summed E-state index contributed by atoms with van der Waals surface area (Å²) in [5.41, 5.74) is 9.91. The lowest BCUT2D eigenvalue weighted by Gasteiger charge is -2.26. The Morgan fingerprint density at radius 1 is 0.519 bits per heavy atom. The van der Waals surface area contributed by atoms with Crippen molar-refractivity contribution in [1.29, 1.82) is 0 Å². The van der Waals surface area contributed by atoms with Crippen molar-refractivity contribution in [3.05, 3.63) is 170 Å². The molecule has 1 aliphatic rings. The topological polar surface area (TPSA) is 8.17 Å². The minimum absolute atomic E-state index is 0.527. The van der Waals surface area contributed by atoms with Gasteiger partial charge in [0.2, 0.25) is 0 Å². The van der Waals surface area contributed by atoms with E-state index in [0.717, 1.165) is 23.5 Å². The van der Waals surface area contributed by atoms with Crippen molar-refractivity contribution in [2.75, 3.05) is 4.90 Å². The van der Waals surface area contributed by atoms with Gasteiger partial charge in [-0.15, -0.1) is 11.3 Å². The Hall–Kier alpha value is -6.16. The summed E-state index contributed by atoms with van der Waals surface area (Å²) >= 11 is 1.87. The molecule has 0 saturated carbocycles. The first-order valence-electron chi connectivity index (χ1n) is 19.2. The number of hydrogen-bond donors (Lipinski definition) is 0. The standard InChI is InChI=1S/C51H38N2S/c1-33-12-2-9-19-47(33)53-48-20-10-7-17-42(48)45-31-37(26-28-49(45)53)52(38-27-29-51-46(32-38)43-18-8-11-21-50(43)54-51)36-24-22-34(23-25-36)44-30-35-13-3-4-14-39(35)40-15-5-6-16-41(40)44/h3-8,10-11,13-33H,2,9,12H2,1H3. The maximum absolute atomic E-state index is 2.54. The van der Waals surface area contributed by atoms with Crippen LogP contribution in [0.4, 0.5) is 17.1 Å². The van der Waals surface area contributed by atoms with Gasteiger partial charge < -0.3 is 9.47 Å². The second-order valence-electron chi connectivity index (χ2n) is 14.9. The summed E-state index contributed by atoms with van der Waals surface area (Å²) in [6, 6.07) is 60.9. The van der Waals surface area contributed by atoms with Crippen LogP contribution in [0.3, 0.4) is 0 Å². The highest BCUT2D eigenvalue weighted by Crippen LogP contribution is 2.44. The van der Waals surface area contributed by atoms with Crippen LogP contribution in [0.25, 0.3) is 80.3 Å². The Labute approximate surface area is 318 Å². The third-order valence-electron chi connectivity index (χ3n) is 11.7. The molecule has 3 heteroatoms. The van der Waals surface area contributed by atoms with E-state index < -0.39 is 0 Å². The highest BCUT2D eigenvalue weighted by Gasteiger charge is 2.22. The summed E-state index contributed by atoms with van der Waals surface area (Å²) < 4.78 is 5.17. The summed E-state index contributed by atoms with van der Waals surface area (Å²) in [6.07, 6.45) is 6.11. The lowest BCUT2D eigenvalue weighted by molar-refractivity contribution is 0.583. The fourth-order valence-electron chi connectivity index (χ4n) is 9.10. The Kier molecular flexibility index (Phi) is 7.25. The van der Waals surface area contributed by atoms with E-state index in [4.69, 9.17) is 0 Å². The zero-order valence-corrected chi connectivity index (χ0v) is 31.0. The maximum atomic E-state index is 2.54. The van der Waals surface area contributed by atoms with Gasteiger partial charge in [0, 0.05) is 53.7 Å². The number of aromatic nitrogens is 1. The van der Waals surface area contributed by atoms with E-state index in [1.54, 1.807) is 0 Å². The lowest BCUT2D eigenvalue weighted by Crippen LogP contribution is -2.11. The number of allylic oxidation sites excluding steroid dienone is 2. The minimum atomic E-state index is 0.527. The predicted molar refractivity (Wildman–Crippen MR) is 235 cm³/mol. The Morgan fingerprint density at radius 2 is 1.15 bits per heavy atom. The van der Waals surface area contributed by atoms with E-state index in [0.29, 0.717) is 5.92 Å². The molecule has 1 atom stereocenters. The van der Waals surface area contributed by atoms with Gasteiger partial charge in [-0.1, -0.05) is 110 Å². The average molecular weight is 711 g/mol. The van der Waals surface area contributed by atoms with Gasteiger partial charge in [0.25, 0.3) is 0 Å². The molecular formula is C51H38N2S. The highest BCUT2D eigenvalue weighted by atomic mass is 32.1. The van der Waals surface area contributed by atoms with Gasteiger partial charge in [0.05, 0.1) is 11.0 Å². The Morgan fingerprint density at radius 3 is 1.98 bits per heavy atom. The molecule has 0 aliphatic heterocycles. The molecule has 2 aromatic heterocycles. The minimum Gasteiger partial charge on any atom is -0.313 e. The van der Waals surface area contributed by atoms with Gasteiger partial charge in [-0.2, -0.15) is 0 Å². The molecule has 258 valence electrons. The van der Waals surface area contributed by atoms with Gasteiger partial charge in [0.15, 0.2) is 0 Å². The first-order valence-corrected chi connectivity index (χ1v) is 20.0. The molecule has 0 bridgehead atoms. The molecule has 2 heterocycles. The molecule has 0 N–H and O–H groups in total. The molecule has 1 aliphatic carbocycles. The molecule has 0 spiro atoms. The van der Waals surface area contributed by atoms with Gasteiger partial charge in [0.1, 0.15) is 0 Å². The van der Waals surface area contributed by atoms with E-state index >= 15 is 0 Å². The molecule has 2 nitrogen and oxygen atoms in total. The van der Waals surface area contributed by atoms with Crippen LogP contribution < -0.4 is 4.90 Å². The molecule has 10 aromatic rings. The average Bonchev–Trinajstić information content (AvgIpc) is 3.76. The molecule has 0 saturated heterocycles. The van der Waals surface area contributed by atoms with Crippen LogP contribution in [0.2, 0.25) is 0 Å². The highest BCUT2D eigenvalue weighted by molar-refractivity contribution is 7.25. The number of thiophene rings is 1. The van der Waals surface area contributed by atoms with Gasteiger partial charge in [-0.3, -0.25) is 0 Å². The smallest absolute Gasteiger partial charge is 0.0539 e. The van der Waals surface area contributed by atoms with Crippen molar-refractivity contribution in [2.45, 2.75) is 26.2 Å². The monoisotopic (exact) mass is 710 g/mol. The fraction of sp³-hybridized carbons (Fsp3) is 0.0980. The second-order valence-corrected chi connectivity index (χ2v) is 16.0. The van der Waals surface area contributed by atoms with Gasteiger partial charge in [-0.05, 0) is 125 Å². The molecule has 11 rings (SSSR count). The van der Waals surface area contributed by atoms with Crippen LogP contribution in [-0.4, -0.2) is 4.57 Å². The van der Waals surface area contributed by atoms with E-state index in [1.807, 2.05) is 11.3 Å².